The van der Waals surface area contributed by atoms with Crippen LogP contribution in [-0.4, -0.2) is 11.0 Å². The highest BCUT2D eigenvalue weighted by atomic mass is 79.9. The average Bonchev–Trinajstić information content (AvgIpc) is 2.40. The molecule has 0 heterocycles. The zero-order valence-electron chi connectivity index (χ0n) is 12.6. The Balaban J connectivity index is 2.01. The molecule has 1 aliphatic rings. The zero-order valence-corrected chi connectivity index (χ0v) is 14.2. The number of rotatable bonds is 5. The summed E-state index contributed by atoms with van der Waals surface area (Å²) in [6, 6.07) is 5.71. The van der Waals surface area contributed by atoms with Crippen molar-refractivity contribution in [1.82, 2.24) is 0 Å². The summed E-state index contributed by atoms with van der Waals surface area (Å²) in [4.78, 5) is 10.6. The van der Waals surface area contributed by atoms with Crippen LogP contribution in [0.25, 0.3) is 0 Å². The van der Waals surface area contributed by atoms with Crippen LogP contribution in [0.15, 0.2) is 22.7 Å². The van der Waals surface area contributed by atoms with Crippen LogP contribution < -0.4 is 5.32 Å². The van der Waals surface area contributed by atoms with Gasteiger partial charge in [0.25, 0.3) is 5.69 Å². The fraction of sp³-hybridized carbons (Fsp3) is 0.625. The summed E-state index contributed by atoms with van der Waals surface area (Å²) in [6.45, 7) is 4.55. The lowest BCUT2D eigenvalue weighted by molar-refractivity contribution is -0.385. The van der Waals surface area contributed by atoms with Gasteiger partial charge in [0.1, 0.15) is 0 Å². The first-order chi connectivity index (χ1) is 9.95. The van der Waals surface area contributed by atoms with Gasteiger partial charge in [-0.25, -0.2) is 0 Å². The van der Waals surface area contributed by atoms with Crippen LogP contribution in [0.4, 0.5) is 11.4 Å². The number of anilines is 1. The van der Waals surface area contributed by atoms with Crippen molar-refractivity contribution in [2.45, 2.75) is 52.0 Å². The van der Waals surface area contributed by atoms with E-state index < -0.39 is 0 Å². The summed E-state index contributed by atoms with van der Waals surface area (Å²) in [6.07, 6.45) is 6.16. The number of hydrogen-bond acceptors (Lipinski definition) is 3. The number of nitrogens with one attached hydrogen (secondary N) is 1. The minimum atomic E-state index is -0.350. The minimum Gasteiger partial charge on any atom is -0.382 e. The Morgan fingerprint density at radius 3 is 2.86 bits per heavy atom. The second kappa shape index (κ2) is 7.25. The Morgan fingerprint density at radius 1 is 1.43 bits per heavy atom. The molecule has 1 N–H and O–H groups in total. The molecule has 1 aromatic rings. The van der Waals surface area contributed by atoms with Crippen molar-refractivity contribution >= 4 is 27.3 Å². The highest BCUT2D eigenvalue weighted by Gasteiger charge is 2.23. The average molecular weight is 355 g/mol. The van der Waals surface area contributed by atoms with Crippen molar-refractivity contribution < 1.29 is 4.92 Å². The van der Waals surface area contributed by atoms with E-state index in [0.29, 0.717) is 10.5 Å². The van der Waals surface area contributed by atoms with E-state index in [1.54, 1.807) is 12.1 Å². The third-order valence-corrected chi connectivity index (χ3v) is 4.77. The lowest BCUT2D eigenvalue weighted by Gasteiger charge is -2.31. The Bertz CT molecular complexity index is 505. The molecule has 0 radical (unpaired) electrons. The summed E-state index contributed by atoms with van der Waals surface area (Å²) in [7, 11) is 0. The van der Waals surface area contributed by atoms with E-state index in [-0.39, 0.29) is 10.6 Å². The molecule has 2 rings (SSSR count). The molecule has 5 heteroatoms. The zero-order chi connectivity index (χ0) is 15.4. The molecular formula is C16H23BrN2O2. The molecule has 0 aliphatic heterocycles. The summed E-state index contributed by atoms with van der Waals surface area (Å²) in [5, 5.41) is 14.5. The molecule has 0 saturated heterocycles. The van der Waals surface area contributed by atoms with E-state index in [9.17, 15) is 10.1 Å². The van der Waals surface area contributed by atoms with Crippen LogP contribution in [0.2, 0.25) is 0 Å². The monoisotopic (exact) mass is 354 g/mol. The molecule has 21 heavy (non-hydrogen) atoms. The summed E-state index contributed by atoms with van der Waals surface area (Å²) < 4.78 is 0.527. The molecule has 0 spiro atoms. The van der Waals surface area contributed by atoms with Crippen LogP contribution in [0.1, 0.15) is 46.0 Å². The number of benzene rings is 1. The van der Waals surface area contributed by atoms with E-state index in [1.807, 2.05) is 6.07 Å². The molecule has 4 nitrogen and oxygen atoms in total. The van der Waals surface area contributed by atoms with E-state index in [2.05, 4.69) is 35.1 Å². The fourth-order valence-corrected chi connectivity index (χ4v) is 3.67. The van der Waals surface area contributed by atoms with Crippen LogP contribution in [0.5, 0.6) is 0 Å². The Hall–Kier alpha value is -1.10. The lowest BCUT2D eigenvalue weighted by atomic mass is 9.81. The van der Waals surface area contributed by atoms with Gasteiger partial charge in [-0.05, 0) is 59.2 Å². The molecule has 0 amide bonds. The highest BCUT2D eigenvalue weighted by Crippen LogP contribution is 2.33. The third-order valence-electron chi connectivity index (χ3n) is 4.10. The summed E-state index contributed by atoms with van der Waals surface area (Å²) in [5.74, 6) is 1.52. The SMILES string of the molecule is CC(C)CC1CCCC(Nc2ccc(Br)c([N+](=O)[O-])c2)C1. The van der Waals surface area contributed by atoms with Crippen LogP contribution >= 0.6 is 15.9 Å². The molecule has 116 valence electrons. The fourth-order valence-electron chi connectivity index (χ4n) is 3.28. The van der Waals surface area contributed by atoms with Crippen molar-refractivity contribution in [3.63, 3.8) is 0 Å². The molecule has 0 bridgehead atoms. The van der Waals surface area contributed by atoms with Crippen LogP contribution in [0.3, 0.4) is 0 Å². The Morgan fingerprint density at radius 2 is 2.19 bits per heavy atom. The van der Waals surface area contributed by atoms with E-state index in [4.69, 9.17) is 0 Å². The lowest BCUT2D eigenvalue weighted by Crippen LogP contribution is -2.28. The summed E-state index contributed by atoms with van der Waals surface area (Å²) >= 11 is 3.22. The topological polar surface area (TPSA) is 55.2 Å². The van der Waals surface area contributed by atoms with Crippen molar-refractivity contribution in [3.8, 4) is 0 Å². The van der Waals surface area contributed by atoms with Gasteiger partial charge in [-0.1, -0.05) is 26.7 Å². The molecule has 1 saturated carbocycles. The van der Waals surface area contributed by atoms with Gasteiger partial charge in [0, 0.05) is 17.8 Å². The molecule has 1 aliphatic carbocycles. The van der Waals surface area contributed by atoms with Gasteiger partial charge >= 0.3 is 0 Å². The van der Waals surface area contributed by atoms with Gasteiger partial charge < -0.3 is 5.32 Å². The van der Waals surface area contributed by atoms with Crippen molar-refractivity contribution in [1.29, 1.82) is 0 Å². The smallest absolute Gasteiger partial charge is 0.285 e. The predicted molar refractivity (Wildman–Crippen MR) is 89.6 cm³/mol. The molecule has 0 aromatic heterocycles. The third kappa shape index (κ3) is 4.70. The molecule has 2 atom stereocenters. The van der Waals surface area contributed by atoms with Crippen LogP contribution in [-0.2, 0) is 0 Å². The van der Waals surface area contributed by atoms with Crippen molar-refractivity contribution in [3.05, 3.63) is 32.8 Å². The maximum absolute atomic E-state index is 11.0. The molecule has 1 fully saturated rings. The van der Waals surface area contributed by atoms with E-state index >= 15 is 0 Å². The molecule has 2 unspecified atom stereocenters. The number of hydrogen-bond donors (Lipinski definition) is 1. The number of nitrogens with zero attached hydrogens (tertiary/aromatic N) is 1. The maximum atomic E-state index is 11.0. The van der Waals surface area contributed by atoms with E-state index in [1.165, 1.54) is 25.7 Å². The van der Waals surface area contributed by atoms with Gasteiger partial charge in [0.2, 0.25) is 0 Å². The second-order valence-electron chi connectivity index (χ2n) is 6.43. The quantitative estimate of drug-likeness (QED) is 0.570. The number of nitro groups is 1. The largest absolute Gasteiger partial charge is 0.382 e. The number of nitro benzene ring substituents is 1. The first-order valence-electron chi connectivity index (χ1n) is 7.66. The maximum Gasteiger partial charge on any atom is 0.285 e. The number of halogens is 1. The second-order valence-corrected chi connectivity index (χ2v) is 7.28. The normalized spacial score (nSPS) is 22.3. The molecule has 1 aromatic carbocycles. The Labute approximate surface area is 134 Å². The first kappa shape index (κ1) is 16.3. The van der Waals surface area contributed by atoms with E-state index in [0.717, 1.165) is 23.9 Å². The standard InChI is InChI=1S/C16H23BrN2O2/c1-11(2)8-12-4-3-5-13(9-12)18-14-6-7-15(17)16(10-14)19(20)21/h6-7,10-13,18H,3-5,8-9H2,1-2H3. The van der Waals surface area contributed by atoms with Crippen LogP contribution in [0, 0.1) is 22.0 Å². The van der Waals surface area contributed by atoms with Gasteiger partial charge in [0.15, 0.2) is 0 Å². The first-order valence-corrected chi connectivity index (χ1v) is 8.45. The van der Waals surface area contributed by atoms with Gasteiger partial charge in [-0.2, -0.15) is 0 Å². The Kier molecular flexibility index (Phi) is 5.62. The minimum absolute atomic E-state index is 0.120. The summed E-state index contributed by atoms with van der Waals surface area (Å²) in [5.41, 5.74) is 0.967. The van der Waals surface area contributed by atoms with Crippen molar-refractivity contribution in [2.24, 2.45) is 11.8 Å². The van der Waals surface area contributed by atoms with Gasteiger partial charge in [-0.3, -0.25) is 10.1 Å². The highest BCUT2D eigenvalue weighted by molar-refractivity contribution is 9.10. The predicted octanol–water partition coefficient (Wildman–Crippen LogP) is 5.37. The molecular weight excluding hydrogens is 332 g/mol. The van der Waals surface area contributed by atoms with Gasteiger partial charge in [-0.15, -0.1) is 0 Å². The van der Waals surface area contributed by atoms with Gasteiger partial charge in [0.05, 0.1) is 9.40 Å². The van der Waals surface area contributed by atoms with Crippen molar-refractivity contribution in [2.75, 3.05) is 5.32 Å².